The molecule has 3 N–H and O–H groups in total. The summed E-state index contributed by atoms with van der Waals surface area (Å²) in [5.74, 6) is -0.697. The van der Waals surface area contributed by atoms with Crippen LogP contribution in [0.4, 0.5) is 4.39 Å². The Kier molecular flexibility index (Phi) is 4.30. The minimum Gasteiger partial charge on any atom is -0.396 e. The normalized spacial score (nSPS) is 13.9. The van der Waals surface area contributed by atoms with E-state index in [1.165, 1.54) is 6.07 Å². The van der Waals surface area contributed by atoms with Gasteiger partial charge in [-0.05, 0) is 31.9 Å². The maximum absolute atomic E-state index is 13.8. The van der Waals surface area contributed by atoms with Gasteiger partial charge in [-0.2, -0.15) is 0 Å². The summed E-state index contributed by atoms with van der Waals surface area (Å²) in [7, 11) is 0. The number of aliphatic hydroxyl groups excluding tert-OH is 1. The molecule has 0 aliphatic heterocycles. The molecule has 0 bridgehead atoms. The van der Waals surface area contributed by atoms with Gasteiger partial charge in [-0.15, -0.1) is 0 Å². The molecule has 0 spiro atoms. The van der Waals surface area contributed by atoms with E-state index in [-0.39, 0.29) is 17.5 Å². The molecule has 0 aliphatic carbocycles. The van der Waals surface area contributed by atoms with E-state index in [9.17, 15) is 4.39 Å². The van der Waals surface area contributed by atoms with Crippen LogP contribution in [0.1, 0.15) is 31.7 Å². The average Bonchev–Trinajstić information content (AvgIpc) is 2.18. The highest BCUT2D eigenvalue weighted by molar-refractivity contribution is 6.30. The highest BCUT2D eigenvalue weighted by Crippen LogP contribution is 2.33. The van der Waals surface area contributed by atoms with Gasteiger partial charge in [0.15, 0.2) is 0 Å². The average molecular weight is 246 g/mol. The molecule has 0 aliphatic rings. The first-order chi connectivity index (χ1) is 7.38. The second kappa shape index (κ2) is 5.13. The van der Waals surface area contributed by atoms with Crippen molar-refractivity contribution in [2.45, 2.75) is 31.7 Å². The molecule has 0 radical (unpaired) electrons. The summed E-state index contributed by atoms with van der Waals surface area (Å²) in [5, 5.41) is 9.10. The lowest BCUT2D eigenvalue weighted by Crippen LogP contribution is -2.40. The van der Waals surface area contributed by atoms with E-state index in [4.69, 9.17) is 22.4 Å². The van der Waals surface area contributed by atoms with Crippen molar-refractivity contribution in [3.8, 4) is 0 Å². The summed E-state index contributed by atoms with van der Waals surface area (Å²) >= 11 is 5.73. The van der Waals surface area contributed by atoms with Crippen LogP contribution in [-0.4, -0.2) is 17.3 Å². The highest BCUT2D eigenvalue weighted by atomic mass is 35.5. The monoisotopic (exact) mass is 245 g/mol. The van der Waals surface area contributed by atoms with Gasteiger partial charge in [-0.25, -0.2) is 4.39 Å². The molecule has 1 rings (SSSR count). The maximum atomic E-state index is 13.8. The van der Waals surface area contributed by atoms with Gasteiger partial charge in [0.05, 0.1) is 5.02 Å². The molecule has 0 amide bonds. The number of hydrogen-bond acceptors (Lipinski definition) is 2. The van der Waals surface area contributed by atoms with Gasteiger partial charge in [-0.1, -0.05) is 23.7 Å². The van der Waals surface area contributed by atoms with Crippen molar-refractivity contribution in [1.82, 2.24) is 0 Å². The van der Waals surface area contributed by atoms with Crippen molar-refractivity contribution in [2.24, 2.45) is 5.73 Å². The van der Waals surface area contributed by atoms with Gasteiger partial charge < -0.3 is 10.8 Å². The minimum atomic E-state index is -0.603. The quantitative estimate of drug-likeness (QED) is 0.857. The van der Waals surface area contributed by atoms with Crippen molar-refractivity contribution in [3.63, 3.8) is 0 Å². The molecular weight excluding hydrogens is 229 g/mol. The summed E-state index contributed by atoms with van der Waals surface area (Å²) in [6, 6.07) is 4.85. The van der Waals surface area contributed by atoms with Gasteiger partial charge in [0.2, 0.25) is 0 Å². The summed E-state index contributed by atoms with van der Waals surface area (Å²) in [4.78, 5) is 0. The molecule has 1 aromatic carbocycles. The van der Waals surface area contributed by atoms with E-state index in [0.717, 1.165) is 0 Å². The van der Waals surface area contributed by atoms with Gasteiger partial charge in [0.25, 0.3) is 0 Å². The molecule has 1 atom stereocenters. The molecule has 1 unspecified atom stereocenters. The summed E-state index contributed by atoms with van der Waals surface area (Å²) in [6.07, 6.45) is 0.417. The Hall–Kier alpha value is -0.640. The fourth-order valence-corrected chi connectivity index (χ4v) is 2.03. The van der Waals surface area contributed by atoms with Crippen LogP contribution in [0.25, 0.3) is 0 Å². The number of rotatable bonds is 4. The lowest BCUT2D eigenvalue weighted by molar-refractivity contribution is 0.248. The predicted octanol–water partition coefficient (Wildman–Crippen LogP) is 2.68. The second-order valence-electron chi connectivity index (χ2n) is 4.53. The Morgan fingerprint density at radius 1 is 1.50 bits per heavy atom. The molecule has 0 fully saturated rings. The van der Waals surface area contributed by atoms with E-state index in [0.29, 0.717) is 12.0 Å². The van der Waals surface area contributed by atoms with E-state index < -0.39 is 11.4 Å². The Balaban J connectivity index is 3.16. The Labute approximate surface area is 100 Å². The Bertz CT molecular complexity index is 363. The third-order valence-corrected chi connectivity index (χ3v) is 2.96. The lowest BCUT2D eigenvalue weighted by Gasteiger charge is -2.31. The molecule has 1 aromatic rings. The van der Waals surface area contributed by atoms with Crippen LogP contribution in [0.2, 0.25) is 5.02 Å². The highest BCUT2D eigenvalue weighted by Gasteiger charge is 2.29. The SMILES string of the molecule is CC(C)(N)C(CCO)c1cccc(Cl)c1F. The van der Waals surface area contributed by atoms with Crippen molar-refractivity contribution < 1.29 is 9.50 Å². The first-order valence-corrected chi connectivity index (χ1v) is 5.59. The van der Waals surface area contributed by atoms with Gasteiger partial charge in [0.1, 0.15) is 5.82 Å². The summed E-state index contributed by atoms with van der Waals surface area (Å²) in [6.45, 7) is 3.60. The molecule has 0 aromatic heterocycles. The van der Waals surface area contributed by atoms with Crippen LogP contribution in [-0.2, 0) is 0 Å². The number of aliphatic hydroxyl groups is 1. The first-order valence-electron chi connectivity index (χ1n) is 5.21. The standard InChI is InChI=1S/C12H17ClFNO/c1-12(2,15)9(6-7-16)8-4-3-5-10(13)11(8)14/h3-5,9,16H,6-7,15H2,1-2H3. The topological polar surface area (TPSA) is 46.2 Å². The molecule has 90 valence electrons. The smallest absolute Gasteiger partial charge is 0.145 e. The van der Waals surface area contributed by atoms with E-state index in [1.54, 1.807) is 12.1 Å². The number of nitrogens with two attached hydrogens (primary N) is 1. The van der Waals surface area contributed by atoms with E-state index >= 15 is 0 Å². The minimum absolute atomic E-state index is 0.0305. The second-order valence-corrected chi connectivity index (χ2v) is 4.94. The van der Waals surface area contributed by atoms with Gasteiger partial charge >= 0.3 is 0 Å². The lowest BCUT2D eigenvalue weighted by atomic mass is 9.80. The van der Waals surface area contributed by atoms with Crippen LogP contribution >= 0.6 is 11.6 Å². The third kappa shape index (κ3) is 2.94. The molecule has 16 heavy (non-hydrogen) atoms. The summed E-state index contributed by atoms with van der Waals surface area (Å²) < 4.78 is 13.8. The van der Waals surface area contributed by atoms with Crippen LogP contribution < -0.4 is 5.73 Å². The summed E-state index contributed by atoms with van der Waals surface area (Å²) in [5.41, 5.74) is 5.86. The van der Waals surface area contributed by atoms with Gasteiger partial charge in [-0.3, -0.25) is 0 Å². The van der Waals surface area contributed by atoms with E-state index in [2.05, 4.69) is 0 Å². The molecular formula is C12H17ClFNO. The predicted molar refractivity (Wildman–Crippen MR) is 64.1 cm³/mol. The molecule has 0 saturated carbocycles. The van der Waals surface area contributed by atoms with Crippen molar-refractivity contribution in [2.75, 3.05) is 6.61 Å². The number of halogens is 2. The molecule has 4 heteroatoms. The van der Waals surface area contributed by atoms with E-state index in [1.807, 2.05) is 13.8 Å². The van der Waals surface area contributed by atoms with Crippen LogP contribution in [0, 0.1) is 5.82 Å². The molecule has 0 saturated heterocycles. The zero-order valence-electron chi connectivity index (χ0n) is 9.50. The fourth-order valence-electron chi connectivity index (χ4n) is 1.85. The molecule has 2 nitrogen and oxygen atoms in total. The van der Waals surface area contributed by atoms with Crippen LogP contribution in [0.15, 0.2) is 18.2 Å². The zero-order chi connectivity index (χ0) is 12.3. The fraction of sp³-hybridized carbons (Fsp3) is 0.500. The Morgan fingerprint density at radius 3 is 2.62 bits per heavy atom. The molecule has 0 heterocycles. The van der Waals surface area contributed by atoms with Gasteiger partial charge in [0, 0.05) is 18.1 Å². The van der Waals surface area contributed by atoms with Crippen LogP contribution in [0.3, 0.4) is 0 Å². The van der Waals surface area contributed by atoms with Crippen LogP contribution in [0.5, 0.6) is 0 Å². The third-order valence-electron chi connectivity index (χ3n) is 2.67. The largest absolute Gasteiger partial charge is 0.396 e. The first kappa shape index (κ1) is 13.4. The number of hydrogen-bond donors (Lipinski definition) is 2. The Morgan fingerprint density at radius 2 is 2.12 bits per heavy atom. The maximum Gasteiger partial charge on any atom is 0.145 e. The number of benzene rings is 1. The van der Waals surface area contributed by atoms with Crippen molar-refractivity contribution >= 4 is 11.6 Å². The zero-order valence-corrected chi connectivity index (χ0v) is 10.3. The van der Waals surface area contributed by atoms with Crippen molar-refractivity contribution in [3.05, 3.63) is 34.6 Å². The van der Waals surface area contributed by atoms with Crippen molar-refractivity contribution in [1.29, 1.82) is 0 Å².